The van der Waals surface area contributed by atoms with Crippen molar-refractivity contribution >= 4 is 0 Å². The van der Waals surface area contributed by atoms with Crippen LogP contribution in [0.25, 0.3) is 0 Å². The summed E-state index contributed by atoms with van der Waals surface area (Å²) in [7, 11) is 3.82. The van der Waals surface area contributed by atoms with E-state index >= 15 is 0 Å². The molecule has 0 N–H and O–H groups in total. The monoisotopic (exact) mass is 270 g/mol. The van der Waals surface area contributed by atoms with Crippen LogP contribution in [-0.2, 0) is 0 Å². The van der Waals surface area contributed by atoms with Crippen molar-refractivity contribution < 1.29 is 4.74 Å². The predicted octanol–water partition coefficient (Wildman–Crippen LogP) is 3.84. The number of hydrogen-bond acceptors (Lipinski definition) is 3. The highest BCUT2D eigenvalue weighted by Gasteiger charge is 2.19. The smallest absolute Gasteiger partial charge is 0.118 e. The third kappa shape index (κ3) is 3.17. The van der Waals surface area contributed by atoms with Crippen LogP contribution in [0.3, 0.4) is 0 Å². The molecule has 0 unspecified atom stereocenters. The molecular formula is C17H22N2O. The van der Waals surface area contributed by atoms with Gasteiger partial charge >= 0.3 is 0 Å². The van der Waals surface area contributed by atoms with Gasteiger partial charge in [-0.15, -0.1) is 0 Å². The summed E-state index contributed by atoms with van der Waals surface area (Å²) >= 11 is 0. The molecule has 1 aromatic carbocycles. The Morgan fingerprint density at radius 2 is 1.70 bits per heavy atom. The summed E-state index contributed by atoms with van der Waals surface area (Å²) in [6, 6.07) is 14.9. The minimum absolute atomic E-state index is 0.272. The van der Waals surface area contributed by atoms with Crippen LogP contribution in [0, 0.1) is 0 Å². The lowest BCUT2D eigenvalue weighted by Gasteiger charge is -2.30. The standard InChI is InChI=1S/C17H22N2O/c1-13(15-8-10-16(20-4)11-9-15)19(3)14(2)17-7-5-6-12-18-17/h5-14H,1-4H3/t13-,14-/m0/s1. The normalized spacial score (nSPS) is 14.1. The van der Waals surface area contributed by atoms with Crippen molar-refractivity contribution in [2.75, 3.05) is 14.2 Å². The summed E-state index contributed by atoms with van der Waals surface area (Å²) in [5.41, 5.74) is 2.37. The Balaban J connectivity index is 2.13. The molecule has 0 spiro atoms. The van der Waals surface area contributed by atoms with Gasteiger partial charge in [0.15, 0.2) is 0 Å². The molecule has 3 heteroatoms. The first kappa shape index (κ1) is 14.5. The number of rotatable bonds is 5. The second-order valence-electron chi connectivity index (χ2n) is 5.05. The molecule has 0 aliphatic rings. The SMILES string of the molecule is COc1ccc([C@H](C)N(C)[C@@H](C)c2ccccn2)cc1. The molecule has 2 aromatic rings. The van der Waals surface area contributed by atoms with E-state index in [1.165, 1.54) is 5.56 Å². The molecule has 2 atom stereocenters. The lowest BCUT2D eigenvalue weighted by atomic mass is 10.0. The van der Waals surface area contributed by atoms with Gasteiger partial charge in [0.25, 0.3) is 0 Å². The fraction of sp³-hybridized carbons (Fsp3) is 0.353. The zero-order chi connectivity index (χ0) is 14.5. The zero-order valence-electron chi connectivity index (χ0n) is 12.6. The molecule has 2 rings (SSSR count). The van der Waals surface area contributed by atoms with Gasteiger partial charge in [-0.25, -0.2) is 0 Å². The fourth-order valence-electron chi connectivity index (χ4n) is 2.28. The summed E-state index contributed by atoms with van der Waals surface area (Å²) in [6.45, 7) is 4.39. The molecule has 0 saturated carbocycles. The van der Waals surface area contributed by atoms with Gasteiger partial charge in [0.2, 0.25) is 0 Å². The van der Waals surface area contributed by atoms with Gasteiger partial charge in [-0.3, -0.25) is 9.88 Å². The maximum atomic E-state index is 5.20. The maximum Gasteiger partial charge on any atom is 0.118 e. The van der Waals surface area contributed by atoms with Gasteiger partial charge in [0.05, 0.1) is 12.8 Å². The van der Waals surface area contributed by atoms with Crippen molar-refractivity contribution in [1.29, 1.82) is 0 Å². The number of benzene rings is 1. The molecule has 1 aromatic heterocycles. The van der Waals surface area contributed by atoms with E-state index in [-0.39, 0.29) is 6.04 Å². The Hall–Kier alpha value is -1.87. The first-order chi connectivity index (χ1) is 9.63. The number of pyridine rings is 1. The highest BCUT2D eigenvalue weighted by atomic mass is 16.5. The number of hydrogen-bond donors (Lipinski definition) is 0. The molecule has 0 bridgehead atoms. The summed E-state index contributed by atoms with van der Waals surface area (Å²) in [6.07, 6.45) is 1.84. The number of methoxy groups -OCH3 is 1. The second-order valence-corrected chi connectivity index (χ2v) is 5.05. The Morgan fingerprint density at radius 3 is 2.25 bits per heavy atom. The van der Waals surface area contributed by atoms with E-state index in [0.29, 0.717) is 6.04 Å². The van der Waals surface area contributed by atoms with Crippen molar-refractivity contribution in [3.05, 3.63) is 59.9 Å². The topological polar surface area (TPSA) is 25.4 Å². The summed E-state index contributed by atoms with van der Waals surface area (Å²) < 4.78 is 5.20. The summed E-state index contributed by atoms with van der Waals surface area (Å²) in [5.74, 6) is 0.890. The van der Waals surface area contributed by atoms with Crippen molar-refractivity contribution in [2.24, 2.45) is 0 Å². The molecule has 1 heterocycles. The Labute approximate surface area is 121 Å². The van der Waals surface area contributed by atoms with Crippen molar-refractivity contribution in [1.82, 2.24) is 9.88 Å². The van der Waals surface area contributed by atoms with E-state index < -0.39 is 0 Å². The third-order valence-corrected chi connectivity index (χ3v) is 3.94. The van der Waals surface area contributed by atoms with Crippen LogP contribution < -0.4 is 4.74 Å². The lowest BCUT2D eigenvalue weighted by Crippen LogP contribution is -2.26. The predicted molar refractivity (Wildman–Crippen MR) is 81.8 cm³/mol. The van der Waals surface area contributed by atoms with Gasteiger partial charge in [0.1, 0.15) is 5.75 Å². The van der Waals surface area contributed by atoms with E-state index in [0.717, 1.165) is 11.4 Å². The summed E-state index contributed by atoms with van der Waals surface area (Å²) in [4.78, 5) is 6.77. The van der Waals surface area contributed by atoms with E-state index in [4.69, 9.17) is 4.74 Å². The molecule has 0 fully saturated rings. The maximum absolute atomic E-state index is 5.20. The van der Waals surface area contributed by atoms with Crippen molar-refractivity contribution in [3.8, 4) is 5.75 Å². The number of ether oxygens (including phenoxy) is 1. The largest absolute Gasteiger partial charge is 0.497 e. The molecule has 106 valence electrons. The van der Waals surface area contributed by atoms with E-state index in [1.807, 2.05) is 30.5 Å². The lowest BCUT2D eigenvalue weighted by molar-refractivity contribution is 0.195. The van der Waals surface area contributed by atoms with Crippen molar-refractivity contribution in [3.63, 3.8) is 0 Å². The van der Waals surface area contributed by atoms with Crippen LogP contribution in [0.5, 0.6) is 5.75 Å². The van der Waals surface area contributed by atoms with Gasteiger partial charge < -0.3 is 4.74 Å². The molecule has 0 saturated heterocycles. The van der Waals surface area contributed by atoms with Gasteiger partial charge in [-0.2, -0.15) is 0 Å². The van der Waals surface area contributed by atoms with Crippen LogP contribution in [0.15, 0.2) is 48.7 Å². The van der Waals surface area contributed by atoms with Crippen LogP contribution in [0.4, 0.5) is 0 Å². The molecule has 0 radical (unpaired) electrons. The van der Waals surface area contributed by atoms with Gasteiger partial charge in [-0.1, -0.05) is 18.2 Å². The average Bonchev–Trinajstić information content (AvgIpc) is 2.53. The van der Waals surface area contributed by atoms with Crippen LogP contribution in [0.1, 0.15) is 37.2 Å². The molecule has 3 nitrogen and oxygen atoms in total. The second kappa shape index (κ2) is 6.53. The highest BCUT2D eigenvalue weighted by Crippen LogP contribution is 2.28. The third-order valence-electron chi connectivity index (χ3n) is 3.94. The van der Waals surface area contributed by atoms with Crippen LogP contribution in [-0.4, -0.2) is 24.0 Å². The minimum Gasteiger partial charge on any atom is -0.497 e. The van der Waals surface area contributed by atoms with Crippen LogP contribution in [0.2, 0.25) is 0 Å². The first-order valence-corrected chi connectivity index (χ1v) is 6.90. The molecular weight excluding hydrogens is 248 g/mol. The van der Waals surface area contributed by atoms with E-state index in [2.05, 4.69) is 49.0 Å². The highest BCUT2D eigenvalue weighted by molar-refractivity contribution is 5.29. The average molecular weight is 270 g/mol. The van der Waals surface area contributed by atoms with Crippen molar-refractivity contribution in [2.45, 2.75) is 25.9 Å². The van der Waals surface area contributed by atoms with E-state index in [9.17, 15) is 0 Å². The Morgan fingerprint density at radius 1 is 1.00 bits per heavy atom. The fourth-order valence-corrected chi connectivity index (χ4v) is 2.28. The minimum atomic E-state index is 0.272. The molecule has 0 amide bonds. The summed E-state index contributed by atoms with van der Waals surface area (Å²) in [5, 5.41) is 0. The number of aromatic nitrogens is 1. The zero-order valence-corrected chi connectivity index (χ0v) is 12.6. The van der Waals surface area contributed by atoms with Gasteiger partial charge in [-0.05, 0) is 50.7 Å². The molecule has 20 heavy (non-hydrogen) atoms. The van der Waals surface area contributed by atoms with Crippen LogP contribution >= 0.6 is 0 Å². The Kier molecular flexibility index (Phi) is 4.74. The molecule has 0 aliphatic heterocycles. The number of nitrogens with zero attached hydrogens (tertiary/aromatic N) is 2. The quantitative estimate of drug-likeness (QED) is 0.825. The Bertz CT molecular complexity index is 524. The molecule has 0 aliphatic carbocycles. The van der Waals surface area contributed by atoms with Gasteiger partial charge in [0, 0.05) is 18.3 Å². The van der Waals surface area contributed by atoms with E-state index in [1.54, 1.807) is 7.11 Å². The first-order valence-electron chi connectivity index (χ1n) is 6.90.